The molecule has 22 heavy (non-hydrogen) atoms. The Bertz CT molecular complexity index is 491. The summed E-state index contributed by atoms with van der Waals surface area (Å²) in [6, 6.07) is 8.32. The van der Waals surface area contributed by atoms with E-state index < -0.39 is 0 Å². The fourth-order valence-electron chi connectivity index (χ4n) is 3.30. The Morgan fingerprint density at radius 2 is 1.73 bits per heavy atom. The first-order chi connectivity index (χ1) is 10.8. The predicted molar refractivity (Wildman–Crippen MR) is 85.7 cm³/mol. The third kappa shape index (κ3) is 3.40. The van der Waals surface area contributed by atoms with E-state index in [9.17, 15) is 4.79 Å². The Balaban J connectivity index is 1.55. The summed E-state index contributed by atoms with van der Waals surface area (Å²) in [6.07, 6.45) is 2.31. The van der Waals surface area contributed by atoms with Crippen molar-refractivity contribution in [2.24, 2.45) is 5.84 Å². The number of nitrogens with two attached hydrogens (primary N) is 1. The molecule has 2 aliphatic rings. The van der Waals surface area contributed by atoms with Crippen LogP contribution in [0, 0.1) is 0 Å². The average Bonchev–Trinajstić information content (AvgIpc) is 2.62. The molecule has 0 bridgehead atoms. The number of nitrogens with zero attached hydrogens (tertiary/aromatic N) is 2. The molecule has 2 heterocycles. The first kappa shape index (κ1) is 15.3. The van der Waals surface area contributed by atoms with Crippen molar-refractivity contribution in [1.82, 2.24) is 10.3 Å². The van der Waals surface area contributed by atoms with Crippen LogP contribution in [0.5, 0.6) is 0 Å². The number of carbonyl (C=O) groups excluding carboxylic acids is 1. The Morgan fingerprint density at radius 3 is 2.32 bits per heavy atom. The number of hydrazine groups is 1. The maximum atomic E-state index is 11.5. The highest BCUT2D eigenvalue weighted by Crippen LogP contribution is 2.21. The van der Waals surface area contributed by atoms with Gasteiger partial charge in [-0.05, 0) is 37.1 Å². The van der Waals surface area contributed by atoms with E-state index in [1.807, 2.05) is 24.3 Å². The number of benzene rings is 1. The number of piperazine rings is 1. The number of amides is 1. The number of rotatable bonds is 3. The lowest BCUT2D eigenvalue weighted by atomic mass is 10.1. The van der Waals surface area contributed by atoms with Crippen LogP contribution in [0.1, 0.15) is 23.2 Å². The quantitative estimate of drug-likeness (QED) is 0.486. The second kappa shape index (κ2) is 7.09. The molecule has 2 fully saturated rings. The zero-order valence-electron chi connectivity index (χ0n) is 12.8. The lowest BCUT2D eigenvalue weighted by Crippen LogP contribution is -2.51. The van der Waals surface area contributed by atoms with Crippen LogP contribution in [0.2, 0.25) is 0 Å². The van der Waals surface area contributed by atoms with Crippen LogP contribution in [0.4, 0.5) is 5.69 Å². The van der Waals surface area contributed by atoms with Crippen LogP contribution in [-0.4, -0.2) is 56.2 Å². The molecule has 2 saturated heterocycles. The summed E-state index contributed by atoms with van der Waals surface area (Å²) in [4.78, 5) is 16.4. The van der Waals surface area contributed by atoms with E-state index in [0.29, 0.717) is 11.6 Å². The van der Waals surface area contributed by atoms with Gasteiger partial charge < -0.3 is 9.64 Å². The molecule has 2 aliphatic heterocycles. The molecular weight excluding hydrogens is 280 g/mol. The van der Waals surface area contributed by atoms with Gasteiger partial charge in [-0.2, -0.15) is 0 Å². The molecule has 3 rings (SSSR count). The van der Waals surface area contributed by atoms with Gasteiger partial charge in [0.2, 0.25) is 0 Å². The molecule has 6 nitrogen and oxygen atoms in total. The summed E-state index contributed by atoms with van der Waals surface area (Å²) in [6.45, 7) is 6.04. The number of nitrogens with one attached hydrogen (secondary N) is 1. The minimum Gasteiger partial charge on any atom is -0.381 e. The first-order valence-electron chi connectivity index (χ1n) is 7.95. The van der Waals surface area contributed by atoms with Gasteiger partial charge >= 0.3 is 0 Å². The molecule has 120 valence electrons. The van der Waals surface area contributed by atoms with Crippen LogP contribution >= 0.6 is 0 Å². The van der Waals surface area contributed by atoms with Crippen molar-refractivity contribution >= 4 is 11.6 Å². The number of carbonyl (C=O) groups is 1. The lowest BCUT2D eigenvalue weighted by Gasteiger charge is -2.41. The molecule has 1 aromatic rings. The molecule has 0 saturated carbocycles. The summed E-state index contributed by atoms with van der Waals surface area (Å²) in [7, 11) is 0. The largest absolute Gasteiger partial charge is 0.381 e. The molecule has 1 amide bonds. The molecule has 0 aliphatic carbocycles. The van der Waals surface area contributed by atoms with E-state index in [-0.39, 0.29) is 5.91 Å². The standard InChI is InChI=1S/C16H24N4O2/c17-18-16(21)13-1-3-14(4-2-13)19-7-9-20(10-8-19)15-5-11-22-12-6-15/h1-4,15H,5-12,17H2,(H,18,21). The van der Waals surface area contributed by atoms with E-state index in [1.54, 1.807) is 0 Å². The number of ether oxygens (including phenoxy) is 1. The van der Waals surface area contributed by atoms with Crippen molar-refractivity contribution in [2.45, 2.75) is 18.9 Å². The van der Waals surface area contributed by atoms with Gasteiger partial charge in [0.25, 0.3) is 5.91 Å². The van der Waals surface area contributed by atoms with E-state index >= 15 is 0 Å². The van der Waals surface area contributed by atoms with Gasteiger partial charge in [-0.15, -0.1) is 0 Å². The van der Waals surface area contributed by atoms with E-state index in [4.69, 9.17) is 10.6 Å². The highest BCUT2D eigenvalue weighted by Gasteiger charge is 2.25. The topological polar surface area (TPSA) is 70.8 Å². The number of hydrogen-bond donors (Lipinski definition) is 2. The first-order valence-corrected chi connectivity index (χ1v) is 7.95. The van der Waals surface area contributed by atoms with Gasteiger partial charge in [0, 0.05) is 56.7 Å². The zero-order valence-corrected chi connectivity index (χ0v) is 12.8. The highest BCUT2D eigenvalue weighted by molar-refractivity contribution is 5.94. The maximum absolute atomic E-state index is 11.5. The van der Waals surface area contributed by atoms with Crippen molar-refractivity contribution in [2.75, 3.05) is 44.3 Å². The van der Waals surface area contributed by atoms with Gasteiger partial charge in [-0.3, -0.25) is 15.1 Å². The third-order valence-corrected chi connectivity index (χ3v) is 4.65. The van der Waals surface area contributed by atoms with Crippen molar-refractivity contribution in [3.05, 3.63) is 29.8 Å². The molecule has 0 radical (unpaired) electrons. The number of nitrogen functional groups attached to an aromatic ring is 1. The summed E-state index contributed by atoms with van der Waals surface area (Å²) >= 11 is 0. The molecular formula is C16H24N4O2. The van der Waals surface area contributed by atoms with E-state index in [2.05, 4.69) is 15.2 Å². The van der Waals surface area contributed by atoms with Gasteiger partial charge in [0.15, 0.2) is 0 Å². The van der Waals surface area contributed by atoms with Crippen LogP contribution in [0.25, 0.3) is 0 Å². The van der Waals surface area contributed by atoms with Crippen LogP contribution in [0.3, 0.4) is 0 Å². The predicted octanol–water partition coefficient (Wildman–Crippen LogP) is 0.591. The number of hydrogen-bond acceptors (Lipinski definition) is 5. The SMILES string of the molecule is NNC(=O)c1ccc(N2CCN(C3CCOCC3)CC2)cc1. The summed E-state index contributed by atoms with van der Waals surface area (Å²) in [5, 5.41) is 0. The van der Waals surface area contributed by atoms with Crippen LogP contribution in [-0.2, 0) is 4.74 Å². The third-order valence-electron chi connectivity index (χ3n) is 4.65. The maximum Gasteiger partial charge on any atom is 0.265 e. The Hall–Kier alpha value is -1.63. The van der Waals surface area contributed by atoms with Gasteiger partial charge in [-0.25, -0.2) is 5.84 Å². The fraction of sp³-hybridized carbons (Fsp3) is 0.562. The van der Waals surface area contributed by atoms with Crippen molar-refractivity contribution < 1.29 is 9.53 Å². The average molecular weight is 304 g/mol. The van der Waals surface area contributed by atoms with Crippen molar-refractivity contribution in [3.8, 4) is 0 Å². The minimum atomic E-state index is -0.254. The Kier molecular flexibility index (Phi) is 4.92. The summed E-state index contributed by atoms with van der Waals surface area (Å²) in [5.41, 5.74) is 3.91. The lowest BCUT2D eigenvalue weighted by molar-refractivity contribution is 0.0321. The Morgan fingerprint density at radius 1 is 1.09 bits per heavy atom. The van der Waals surface area contributed by atoms with E-state index in [0.717, 1.165) is 52.2 Å². The van der Waals surface area contributed by atoms with Crippen molar-refractivity contribution in [1.29, 1.82) is 0 Å². The highest BCUT2D eigenvalue weighted by atomic mass is 16.5. The molecule has 3 N–H and O–H groups in total. The Labute approximate surface area is 131 Å². The van der Waals surface area contributed by atoms with Gasteiger partial charge in [0.1, 0.15) is 0 Å². The fourth-order valence-corrected chi connectivity index (χ4v) is 3.30. The van der Waals surface area contributed by atoms with Gasteiger partial charge in [-0.1, -0.05) is 0 Å². The zero-order chi connectivity index (χ0) is 15.4. The normalized spacial score (nSPS) is 20.9. The smallest absolute Gasteiger partial charge is 0.265 e. The second-order valence-corrected chi connectivity index (χ2v) is 5.89. The molecule has 0 aromatic heterocycles. The number of anilines is 1. The molecule has 0 atom stereocenters. The summed E-state index contributed by atoms with van der Waals surface area (Å²) < 4.78 is 5.44. The van der Waals surface area contributed by atoms with Crippen LogP contribution in [0.15, 0.2) is 24.3 Å². The van der Waals surface area contributed by atoms with Gasteiger partial charge in [0.05, 0.1) is 0 Å². The van der Waals surface area contributed by atoms with E-state index in [1.165, 1.54) is 5.69 Å². The minimum absolute atomic E-state index is 0.254. The summed E-state index contributed by atoms with van der Waals surface area (Å²) in [5.74, 6) is 4.89. The van der Waals surface area contributed by atoms with Crippen LogP contribution < -0.4 is 16.2 Å². The molecule has 1 aromatic carbocycles. The monoisotopic (exact) mass is 304 g/mol. The molecule has 6 heteroatoms. The van der Waals surface area contributed by atoms with Crippen molar-refractivity contribution in [3.63, 3.8) is 0 Å². The second-order valence-electron chi connectivity index (χ2n) is 5.89. The molecule has 0 spiro atoms. The molecule has 0 unspecified atom stereocenters.